The number of nitrogens with zero attached hydrogens (tertiary/aromatic N) is 3. The van der Waals surface area contributed by atoms with E-state index in [1.165, 1.54) is 43.2 Å². The Balaban J connectivity index is 1.07. The zero-order valence-corrected chi connectivity index (χ0v) is 24.8. The van der Waals surface area contributed by atoms with Crippen molar-refractivity contribution in [1.82, 2.24) is 19.5 Å². The fraction of sp³-hybridized carbons (Fsp3) is 0. The van der Waals surface area contributed by atoms with Crippen LogP contribution >= 0.6 is 0 Å². The Morgan fingerprint density at radius 2 is 1.13 bits per heavy atom. The van der Waals surface area contributed by atoms with E-state index in [4.69, 9.17) is 9.97 Å². The molecule has 0 bridgehead atoms. The van der Waals surface area contributed by atoms with E-state index in [2.05, 4.69) is 149 Å². The van der Waals surface area contributed by atoms with Gasteiger partial charge in [-0.3, -0.25) is 0 Å². The molecule has 4 heterocycles. The van der Waals surface area contributed by atoms with Crippen molar-refractivity contribution in [3.63, 3.8) is 0 Å². The maximum Gasteiger partial charge on any atom is 0.0893 e. The summed E-state index contributed by atoms with van der Waals surface area (Å²) in [5.41, 5.74) is 10.3. The second kappa shape index (κ2) is 9.62. The average molecular weight is 587 g/mol. The molecule has 0 aliphatic carbocycles. The minimum atomic E-state index is 0.849. The van der Waals surface area contributed by atoms with Crippen molar-refractivity contribution in [3.05, 3.63) is 152 Å². The van der Waals surface area contributed by atoms with Crippen molar-refractivity contribution < 1.29 is 0 Å². The summed E-state index contributed by atoms with van der Waals surface area (Å²) in [7, 11) is 0. The summed E-state index contributed by atoms with van der Waals surface area (Å²) in [6.45, 7) is 0. The van der Waals surface area contributed by atoms with E-state index in [0.29, 0.717) is 0 Å². The van der Waals surface area contributed by atoms with Crippen LogP contribution in [0.1, 0.15) is 0 Å². The molecule has 0 radical (unpaired) electrons. The predicted molar refractivity (Wildman–Crippen MR) is 191 cm³/mol. The first-order valence-corrected chi connectivity index (χ1v) is 15.6. The summed E-state index contributed by atoms with van der Waals surface area (Å²) in [4.78, 5) is 13.7. The Hall–Kier alpha value is -6.26. The molecule has 0 unspecified atom stereocenters. The molecule has 0 aliphatic heterocycles. The van der Waals surface area contributed by atoms with Gasteiger partial charge in [-0.1, -0.05) is 97.1 Å². The van der Waals surface area contributed by atoms with Crippen LogP contribution in [0.4, 0.5) is 0 Å². The Morgan fingerprint density at radius 1 is 0.457 bits per heavy atom. The third kappa shape index (κ3) is 3.67. The number of aromatic nitrogens is 4. The molecule has 4 aromatic heterocycles. The van der Waals surface area contributed by atoms with Gasteiger partial charge < -0.3 is 9.55 Å². The van der Waals surface area contributed by atoms with E-state index >= 15 is 0 Å². The number of para-hydroxylation sites is 1. The smallest absolute Gasteiger partial charge is 0.0893 e. The van der Waals surface area contributed by atoms with Crippen LogP contribution in [0.25, 0.3) is 93.8 Å². The number of nitrogens with one attached hydrogen (secondary N) is 1. The topological polar surface area (TPSA) is 46.5 Å². The standard InChI is InChI=1S/C42H26N4/c1-2-16-38-33(11-1)42-39(23-24-43-42)46(38)30-10-4-9-29(25-30)34-12-5-14-36(44-34)37-15-6-13-35(45-37)31-21-19-28-18-17-26-7-3-8-27-20-22-32(31)41(28)40(26)27/h1-25,43H. The zero-order chi connectivity index (χ0) is 30.2. The second-order valence-electron chi connectivity index (χ2n) is 11.9. The van der Waals surface area contributed by atoms with Crippen molar-refractivity contribution in [2.75, 3.05) is 0 Å². The molecule has 0 spiro atoms. The van der Waals surface area contributed by atoms with Gasteiger partial charge in [0, 0.05) is 28.4 Å². The van der Waals surface area contributed by atoms with Crippen LogP contribution in [-0.2, 0) is 0 Å². The van der Waals surface area contributed by atoms with Gasteiger partial charge in [-0.05, 0) is 80.8 Å². The molecule has 46 heavy (non-hydrogen) atoms. The summed E-state index contributed by atoms with van der Waals surface area (Å²) < 4.78 is 2.32. The summed E-state index contributed by atoms with van der Waals surface area (Å²) in [5.74, 6) is 0. The van der Waals surface area contributed by atoms with Gasteiger partial charge in [0.15, 0.2) is 0 Å². The minimum Gasteiger partial charge on any atom is -0.359 e. The highest BCUT2D eigenvalue weighted by Crippen LogP contribution is 2.39. The highest BCUT2D eigenvalue weighted by Gasteiger charge is 2.15. The minimum absolute atomic E-state index is 0.849. The van der Waals surface area contributed by atoms with Crippen LogP contribution in [0.2, 0.25) is 0 Å². The largest absolute Gasteiger partial charge is 0.359 e. The Morgan fingerprint density at radius 3 is 2.00 bits per heavy atom. The highest BCUT2D eigenvalue weighted by atomic mass is 15.0. The quantitative estimate of drug-likeness (QED) is 0.209. The number of fused-ring (bicyclic) bond motifs is 3. The van der Waals surface area contributed by atoms with Crippen LogP contribution < -0.4 is 0 Å². The van der Waals surface area contributed by atoms with Gasteiger partial charge >= 0.3 is 0 Å². The summed E-state index contributed by atoms with van der Waals surface area (Å²) in [6.07, 6.45) is 2.01. The lowest BCUT2D eigenvalue weighted by molar-refractivity contribution is 1.18. The van der Waals surface area contributed by atoms with E-state index in [-0.39, 0.29) is 0 Å². The number of hydrogen-bond donors (Lipinski definition) is 1. The third-order valence-electron chi connectivity index (χ3n) is 9.35. The lowest BCUT2D eigenvalue weighted by Crippen LogP contribution is -1.95. The molecular weight excluding hydrogens is 560 g/mol. The third-order valence-corrected chi connectivity index (χ3v) is 9.35. The lowest BCUT2D eigenvalue weighted by atomic mass is 9.91. The molecule has 10 aromatic rings. The molecule has 0 aliphatic rings. The number of hydrogen-bond acceptors (Lipinski definition) is 2. The van der Waals surface area contributed by atoms with Gasteiger partial charge in [-0.25, -0.2) is 9.97 Å². The molecule has 0 saturated heterocycles. The lowest BCUT2D eigenvalue weighted by Gasteiger charge is -2.14. The van der Waals surface area contributed by atoms with Crippen molar-refractivity contribution in [1.29, 1.82) is 0 Å². The normalized spacial score (nSPS) is 11.9. The number of benzene rings is 6. The number of aromatic amines is 1. The summed E-state index contributed by atoms with van der Waals surface area (Å²) in [5, 5.41) is 8.83. The van der Waals surface area contributed by atoms with E-state index in [9.17, 15) is 0 Å². The monoisotopic (exact) mass is 586 g/mol. The molecule has 0 saturated carbocycles. The van der Waals surface area contributed by atoms with Gasteiger partial charge in [0.2, 0.25) is 0 Å². The van der Waals surface area contributed by atoms with Crippen molar-refractivity contribution in [2.24, 2.45) is 0 Å². The molecular formula is C42H26N4. The van der Waals surface area contributed by atoms with E-state index in [1.807, 2.05) is 12.3 Å². The molecule has 0 atom stereocenters. The predicted octanol–water partition coefficient (Wildman–Crippen LogP) is 10.8. The first kappa shape index (κ1) is 25.1. The fourth-order valence-corrected chi connectivity index (χ4v) is 7.28. The molecule has 10 rings (SSSR count). The second-order valence-corrected chi connectivity index (χ2v) is 11.9. The van der Waals surface area contributed by atoms with Crippen LogP contribution in [0.3, 0.4) is 0 Å². The highest BCUT2D eigenvalue weighted by molar-refractivity contribution is 6.25. The van der Waals surface area contributed by atoms with Gasteiger partial charge in [-0.15, -0.1) is 0 Å². The van der Waals surface area contributed by atoms with Gasteiger partial charge in [0.25, 0.3) is 0 Å². The number of H-pyrrole nitrogens is 1. The first-order valence-electron chi connectivity index (χ1n) is 15.6. The SMILES string of the molecule is c1cc(-c2cccc(-c3cccc(-c4ccc5ccc6cccc7ccc4c5c67)n3)n2)cc(-n2c3ccccc3c3[nH]ccc32)c1. The van der Waals surface area contributed by atoms with E-state index in [1.54, 1.807) is 0 Å². The fourth-order valence-electron chi connectivity index (χ4n) is 7.28. The van der Waals surface area contributed by atoms with Crippen LogP contribution in [0, 0.1) is 0 Å². The number of rotatable bonds is 4. The average Bonchev–Trinajstić information content (AvgIpc) is 3.72. The van der Waals surface area contributed by atoms with Crippen molar-refractivity contribution in [3.8, 4) is 39.6 Å². The first-order chi connectivity index (χ1) is 22.8. The maximum absolute atomic E-state index is 5.18. The summed E-state index contributed by atoms with van der Waals surface area (Å²) >= 11 is 0. The summed E-state index contributed by atoms with van der Waals surface area (Å²) in [6, 6.07) is 51.6. The molecule has 4 nitrogen and oxygen atoms in total. The molecule has 1 N–H and O–H groups in total. The van der Waals surface area contributed by atoms with Gasteiger partial charge in [0.1, 0.15) is 0 Å². The van der Waals surface area contributed by atoms with Crippen LogP contribution in [0.5, 0.6) is 0 Å². The zero-order valence-electron chi connectivity index (χ0n) is 24.8. The molecule has 0 fully saturated rings. The molecule has 0 amide bonds. The van der Waals surface area contributed by atoms with Crippen LogP contribution in [0.15, 0.2) is 152 Å². The Labute approximate surface area is 264 Å². The van der Waals surface area contributed by atoms with Crippen molar-refractivity contribution >= 4 is 54.3 Å². The molecule has 6 aromatic carbocycles. The molecule has 214 valence electrons. The van der Waals surface area contributed by atoms with Gasteiger partial charge in [-0.2, -0.15) is 0 Å². The maximum atomic E-state index is 5.18. The van der Waals surface area contributed by atoms with E-state index < -0.39 is 0 Å². The van der Waals surface area contributed by atoms with Gasteiger partial charge in [0.05, 0.1) is 39.3 Å². The Kier molecular flexibility index (Phi) is 5.25. The Bertz CT molecular complexity index is 2750. The molecule has 4 heteroatoms. The van der Waals surface area contributed by atoms with E-state index in [0.717, 1.165) is 50.6 Å². The van der Waals surface area contributed by atoms with Crippen LogP contribution in [-0.4, -0.2) is 19.5 Å². The number of pyridine rings is 2. The van der Waals surface area contributed by atoms with Crippen molar-refractivity contribution in [2.45, 2.75) is 0 Å².